The van der Waals surface area contributed by atoms with Crippen LogP contribution in [0, 0.1) is 6.92 Å². The predicted octanol–water partition coefficient (Wildman–Crippen LogP) is 5.52. The largest absolute Gasteiger partial charge is 0.496 e. The number of likely N-dealkylation sites (tertiary alicyclic amines) is 1. The van der Waals surface area contributed by atoms with Crippen LogP contribution in [0.4, 0.5) is 16.2 Å². The summed E-state index contributed by atoms with van der Waals surface area (Å²) in [7, 11) is 1.49. The maximum atomic E-state index is 12.6. The number of carbonyl (C=O) groups is 3. The number of nitrogens with zero attached hydrogens (tertiary/aromatic N) is 1. The van der Waals surface area contributed by atoms with E-state index in [0.29, 0.717) is 48.5 Å². The fraction of sp³-hybridized carbons (Fsp3) is 0.300. The Bertz CT molecular complexity index is 1270. The summed E-state index contributed by atoms with van der Waals surface area (Å²) in [6, 6.07) is 20.9. The molecule has 0 radical (unpaired) electrons. The quantitative estimate of drug-likeness (QED) is 0.364. The van der Waals surface area contributed by atoms with Crippen molar-refractivity contribution >= 4 is 29.7 Å². The molecular formula is C30H33N3O5. The molecule has 3 aromatic rings. The summed E-state index contributed by atoms with van der Waals surface area (Å²) in [4.78, 5) is 38.5. The summed E-state index contributed by atoms with van der Waals surface area (Å²) in [5.41, 5.74) is 4.54. The number of methoxy groups -OCH3 is 1. The number of amides is 2. The minimum atomic E-state index is -0.461. The second-order valence-corrected chi connectivity index (χ2v) is 9.31. The Morgan fingerprint density at radius 2 is 1.68 bits per heavy atom. The average Bonchev–Trinajstić information content (AvgIpc) is 2.94. The third-order valence-electron chi connectivity index (χ3n) is 6.69. The van der Waals surface area contributed by atoms with E-state index in [1.54, 1.807) is 12.1 Å². The molecule has 0 aromatic heterocycles. The number of para-hydroxylation sites is 1. The van der Waals surface area contributed by atoms with Crippen LogP contribution in [0.2, 0.25) is 0 Å². The van der Waals surface area contributed by atoms with Crippen LogP contribution in [0.1, 0.15) is 35.2 Å². The molecule has 4 rings (SSSR count). The van der Waals surface area contributed by atoms with Crippen molar-refractivity contribution in [1.82, 2.24) is 4.90 Å². The van der Waals surface area contributed by atoms with E-state index in [9.17, 15) is 14.4 Å². The van der Waals surface area contributed by atoms with Gasteiger partial charge in [-0.15, -0.1) is 0 Å². The number of anilines is 2. The highest BCUT2D eigenvalue weighted by atomic mass is 16.6. The molecule has 2 N–H and O–H groups in total. The summed E-state index contributed by atoms with van der Waals surface area (Å²) in [5, 5.41) is 5.81. The summed E-state index contributed by atoms with van der Waals surface area (Å²) >= 11 is 0. The van der Waals surface area contributed by atoms with E-state index in [-0.39, 0.29) is 12.0 Å². The molecular weight excluding hydrogens is 482 g/mol. The first kappa shape index (κ1) is 26.9. The molecule has 0 aliphatic carbocycles. The fourth-order valence-corrected chi connectivity index (χ4v) is 4.59. The maximum Gasteiger partial charge on any atom is 0.411 e. The van der Waals surface area contributed by atoms with Crippen LogP contribution in [0.3, 0.4) is 0 Å². The number of ether oxygens (including phenoxy) is 2. The van der Waals surface area contributed by atoms with Crippen molar-refractivity contribution in [3.05, 3.63) is 77.9 Å². The molecule has 0 spiro atoms. The highest BCUT2D eigenvalue weighted by Crippen LogP contribution is 2.28. The Kier molecular flexibility index (Phi) is 9.11. The maximum absolute atomic E-state index is 12.6. The molecule has 0 atom stereocenters. The Morgan fingerprint density at radius 1 is 0.974 bits per heavy atom. The van der Waals surface area contributed by atoms with E-state index in [0.717, 1.165) is 36.1 Å². The predicted molar refractivity (Wildman–Crippen MR) is 148 cm³/mol. The first-order valence-electron chi connectivity index (χ1n) is 12.7. The molecule has 8 heteroatoms. The number of benzene rings is 3. The van der Waals surface area contributed by atoms with Gasteiger partial charge >= 0.3 is 6.09 Å². The van der Waals surface area contributed by atoms with Crippen LogP contribution in [-0.2, 0) is 9.53 Å². The highest BCUT2D eigenvalue weighted by Gasteiger charge is 2.23. The van der Waals surface area contributed by atoms with Gasteiger partial charge in [0.25, 0.3) is 0 Å². The fourth-order valence-electron chi connectivity index (χ4n) is 4.59. The number of hydrogen-bond donors (Lipinski definition) is 2. The lowest BCUT2D eigenvalue weighted by atomic mass is 10.0. The van der Waals surface area contributed by atoms with Crippen LogP contribution in [0.15, 0.2) is 66.7 Å². The van der Waals surface area contributed by atoms with Crippen molar-refractivity contribution in [1.29, 1.82) is 0 Å². The van der Waals surface area contributed by atoms with Crippen molar-refractivity contribution in [2.45, 2.75) is 32.3 Å². The number of piperidine rings is 1. The van der Waals surface area contributed by atoms with E-state index >= 15 is 0 Å². The summed E-state index contributed by atoms with van der Waals surface area (Å²) < 4.78 is 10.9. The Labute approximate surface area is 222 Å². The number of carbonyl (C=O) groups excluding carboxylic acids is 3. The minimum Gasteiger partial charge on any atom is -0.496 e. The molecule has 1 aliphatic rings. The molecule has 0 saturated carbocycles. The van der Waals surface area contributed by atoms with E-state index < -0.39 is 6.09 Å². The van der Waals surface area contributed by atoms with E-state index in [4.69, 9.17) is 9.47 Å². The van der Waals surface area contributed by atoms with Gasteiger partial charge in [0.05, 0.1) is 18.4 Å². The number of aldehydes is 1. The Balaban J connectivity index is 1.22. The molecule has 1 fully saturated rings. The van der Waals surface area contributed by atoms with Crippen LogP contribution < -0.4 is 15.4 Å². The lowest BCUT2D eigenvalue weighted by molar-refractivity contribution is -0.116. The SMILES string of the molecule is COc1cc(NC(=O)CCN2CCC(OC(=O)Nc3ccccc3-c3ccccc3)CC2)c(C)cc1C=O. The topological polar surface area (TPSA) is 97.0 Å². The Hall–Kier alpha value is -4.17. The molecule has 38 heavy (non-hydrogen) atoms. The third kappa shape index (κ3) is 6.98. The monoisotopic (exact) mass is 515 g/mol. The molecule has 8 nitrogen and oxygen atoms in total. The molecule has 198 valence electrons. The van der Waals surface area contributed by atoms with Crippen molar-refractivity contribution in [3.8, 4) is 16.9 Å². The Morgan fingerprint density at radius 3 is 2.39 bits per heavy atom. The highest BCUT2D eigenvalue weighted by molar-refractivity contribution is 5.93. The molecule has 3 aromatic carbocycles. The zero-order valence-corrected chi connectivity index (χ0v) is 21.7. The van der Waals surface area contributed by atoms with E-state index in [1.165, 1.54) is 7.11 Å². The number of rotatable bonds is 9. The van der Waals surface area contributed by atoms with Gasteiger partial charge in [0.1, 0.15) is 11.9 Å². The van der Waals surface area contributed by atoms with Gasteiger partial charge in [0.15, 0.2) is 6.29 Å². The summed E-state index contributed by atoms with van der Waals surface area (Å²) in [6.45, 7) is 3.93. The molecule has 1 heterocycles. The van der Waals surface area contributed by atoms with Crippen molar-refractivity contribution in [2.24, 2.45) is 0 Å². The van der Waals surface area contributed by atoms with Gasteiger partial charge in [-0.05, 0) is 43.0 Å². The van der Waals surface area contributed by atoms with Gasteiger partial charge in [0, 0.05) is 43.4 Å². The molecule has 1 saturated heterocycles. The summed E-state index contributed by atoms with van der Waals surface area (Å²) in [5.74, 6) is 0.319. The smallest absolute Gasteiger partial charge is 0.411 e. The molecule has 2 amide bonds. The van der Waals surface area contributed by atoms with Crippen LogP contribution in [-0.4, -0.2) is 56.0 Å². The van der Waals surface area contributed by atoms with E-state index in [2.05, 4.69) is 15.5 Å². The first-order valence-corrected chi connectivity index (χ1v) is 12.7. The van der Waals surface area contributed by atoms with E-state index in [1.807, 2.05) is 61.5 Å². The number of aryl methyl sites for hydroxylation is 1. The zero-order chi connectivity index (χ0) is 26.9. The van der Waals surface area contributed by atoms with Crippen molar-refractivity contribution in [2.75, 3.05) is 37.4 Å². The molecule has 1 aliphatic heterocycles. The lowest BCUT2D eigenvalue weighted by Crippen LogP contribution is -2.39. The zero-order valence-electron chi connectivity index (χ0n) is 21.7. The van der Waals surface area contributed by atoms with Gasteiger partial charge in [-0.25, -0.2) is 4.79 Å². The van der Waals surface area contributed by atoms with Crippen LogP contribution >= 0.6 is 0 Å². The average molecular weight is 516 g/mol. The van der Waals surface area contributed by atoms with Gasteiger partial charge in [-0.2, -0.15) is 0 Å². The summed E-state index contributed by atoms with van der Waals surface area (Å²) in [6.07, 6.45) is 1.85. The lowest BCUT2D eigenvalue weighted by Gasteiger charge is -2.31. The van der Waals surface area contributed by atoms with Crippen molar-refractivity contribution < 1.29 is 23.9 Å². The van der Waals surface area contributed by atoms with Gasteiger partial charge in [-0.1, -0.05) is 48.5 Å². The standard InChI is InChI=1S/C30H33N3O5/c1-21-18-23(20-34)28(37-2)19-27(21)31-29(35)14-17-33-15-12-24(13-16-33)38-30(36)32-26-11-7-6-10-25(26)22-8-4-3-5-9-22/h3-11,18-20,24H,12-17H2,1-2H3,(H,31,35)(H,32,36). The normalized spacial score (nSPS) is 13.9. The number of hydrogen-bond acceptors (Lipinski definition) is 6. The van der Waals surface area contributed by atoms with Crippen molar-refractivity contribution in [3.63, 3.8) is 0 Å². The molecule has 0 bridgehead atoms. The van der Waals surface area contributed by atoms with Gasteiger partial charge in [-0.3, -0.25) is 14.9 Å². The second kappa shape index (κ2) is 12.9. The number of nitrogens with one attached hydrogen (secondary N) is 2. The first-order chi connectivity index (χ1) is 18.5. The van der Waals surface area contributed by atoms with Crippen LogP contribution in [0.25, 0.3) is 11.1 Å². The van der Waals surface area contributed by atoms with Gasteiger partial charge in [0.2, 0.25) is 5.91 Å². The second-order valence-electron chi connectivity index (χ2n) is 9.31. The van der Waals surface area contributed by atoms with Gasteiger partial charge < -0.3 is 19.7 Å². The van der Waals surface area contributed by atoms with Crippen LogP contribution in [0.5, 0.6) is 5.75 Å². The molecule has 0 unspecified atom stereocenters. The minimum absolute atomic E-state index is 0.108. The third-order valence-corrected chi connectivity index (χ3v) is 6.69.